The lowest BCUT2D eigenvalue weighted by atomic mass is 10.2. The van der Waals surface area contributed by atoms with E-state index in [4.69, 9.17) is 22.1 Å². The molecule has 0 aliphatic carbocycles. The molecule has 2 aromatic rings. The van der Waals surface area contributed by atoms with Crippen LogP contribution >= 0.6 is 11.6 Å². The molecule has 1 heterocycles. The minimum absolute atomic E-state index is 0.291. The van der Waals surface area contributed by atoms with Gasteiger partial charge in [-0.15, -0.1) is 0 Å². The van der Waals surface area contributed by atoms with Crippen LogP contribution in [-0.4, -0.2) is 40.7 Å². The van der Waals surface area contributed by atoms with Crippen LogP contribution in [-0.2, 0) is 20.9 Å². The Kier molecular flexibility index (Phi) is 6.35. The number of primary amides is 1. The van der Waals surface area contributed by atoms with Crippen molar-refractivity contribution in [2.45, 2.75) is 20.4 Å². The van der Waals surface area contributed by atoms with Crippen molar-refractivity contribution < 1.29 is 19.1 Å². The average molecular weight is 379 g/mol. The lowest BCUT2D eigenvalue weighted by Crippen LogP contribution is -2.36. The summed E-state index contributed by atoms with van der Waals surface area (Å²) in [6.07, 6.45) is 0. The normalized spacial score (nSPS) is 10.4. The SMILES string of the molecule is Cc1nn(Cc2ccccc2Cl)c(C)c1C(=O)OCC(=O)NCC(N)=O. The number of hydrogen-bond donors (Lipinski definition) is 2. The standard InChI is InChI=1S/C17H19ClN4O4/c1-10-16(17(25)26-9-15(24)20-7-14(19)23)11(2)22(21-10)8-12-5-3-4-6-13(12)18/h3-6H,7-9H2,1-2H3,(H2,19,23)(H,20,24). The molecule has 0 aliphatic heterocycles. The second-order valence-electron chi connectivity index (χ2n) is 5.61. The Balaban J connectivity index is 2.07. The van der Waals surface area contributed by atoms with Gasteiger partial charge in [0, 0.05) is 5.02 Å². The van der Waals surface area contributed by atoms with Crippen LogP contribution in [0.3, 0.4) is 0 Å². The molecule has 2 amide bonds. The van der Waals surface area contributed by atoms with Crippen LogP contribution in [0.25, 0.3) is 0 Å². The first-order valence-electron chi connectivity index (χ1n) is 7.79. The third-order valence-electron chi connectivity index (χ3n) is 3.66. The summed E-state index contributed by atoms with van der Waals surface area (Å²) in [6, 6.07) is 7.36. The molecule has 0 bridgehead atoms. The number of carbonyl (C=O) groups is 3. The maximum atomic E-state index is 12.3. The molecule has 0 atom stereocenters. The molecule has 1 aromatic heterocycles. The van der Waals surface area contributed by atoms with E-state index in [1.165, 1.54) is 0 Å². The molecule has 0 saturated heterocycles. The zero-order valence-electron chi connectivity index (χ0n) is 14.4. The van der Waals surface area contributed by atoms with Crippen LogP contribution in [0.1, 0.15) is 27.3 Å². The topological polar surface area (TPSA) is 116 Å². The molecule has 0 unspecified atom stereocenters. The van der Waals surface area contributed by atoms with Gasteiger partial charge in [-0.2, -0.15) is 5.10 Å². The number of nitrogens with zero attached hydrogens (tertiary/aromatic N) is 2. The van der Waals surface area contributed by atoms with Crippen LogP contribution < -0.4 is 11.1 Å². The molecular weight excluding hydrogens is 360 g/mol. The van der Waals surface area contributed by atoms with Crippen molar-refractivity contribution in [2.24, 2.45) is 5.73 Å². The van der Waals surface area contributed by atoms with Crippen molar-refractivity contribution in [3.05, 3.63) is 51.8 Å². The summed E-state index contributed by atoms with van der Waals surface area (Å²) < 4.78 is 6.64. The predicted molar refractivity (Wildman–Crippen MR) is 94.7 cm³/mol. The van der Waals surface area contributed by atoms with E-state index in [1.807, 2.05) is 18.2 Å². The van der Waals surface area contributed by atoms with E-state index in [-0.39, 0.29) is 6.54 Å². The molecule has 3 N–H and O–H groups in total. The number of aryl methyl sites for hydroxylation is 1. The van der Waals surface area contributed by atoms with Crippen molar-refractivity contribution in [1.29, 1.82) is 0 Å². The van der Waals surface area contributed by atoms with E-state index in [0.717, 1.165) is 5.56 Å². The van der Waals surface area contributed by atoms with E-state index >= 15 is 0 Å². The molecule has 9 heteroatoms. The van der Waals surface area contributed by atoms with Crippen molar-refractivity contribution in [2.75, 3.05) is 13.2 Å². The lowest BCUT2D eigenvalue weighted by Gasteiger charge is -2.08. The Bertz CT molecular complexity index is 847. The smallest absolute Gasteiger partial charge is 0.342 e. The van der Waals surface area contributed by atoms with Crippen molar-refractivity contribution in [3.8, 4) is 0 Å². The second-order valence-corrected chi connectivity index (χ2v) is 6.02. The van der Waals surface area contributed by atoms with Gasteiger partial charge in [0.2, 0.25) is 5.91 Å². The molecule has 138 valence electrons. The highest BCUT2D eigenvalue weighted by Gasteiger charge is 2.21. The minimum Gasteiger partial charge on any atom is -0.452 e. The lowest BCUT2D eigenvalue weighted by molar-refractivity contribution is -0.127. The number of halogens is 1. The van der Waals surface area contributed by atoms with Crippen molar-refractivity contribution in [3.63, 3.8) is 0 Å². The molecular formula is C17H19ClN4O4. The van der Waals surface area contributed by atoms with E-state index < -0.39 is 24.4 Å². The Morgan fingerprint density at radius 2 is 1.96 bits per heavy atom. The number of benzene rings is 1. The number of ether oxygens (including phenoxy) is 1. The van der Waals surface area contributed by atoms with Crippen LogP contribution in [0.4, 0.5) is 0 Å². The van der Waals surface area contributed by atoms with Gasteiger partial charge in [0.05, 0.1) is 24.5 Å². The zero-order chi connectivity index (χ0) is 19.3. The number of nitrogens with two attached hydrogens (primary N) is 1. The molecule has 0 aliphatic rings. The number of esters is 1. The highest BCUT2D eigenvalue weighted by Crippen LogP contribution is 2.20. The first-order chi connectivity index (χ1) is 12.3. The predicted octanol–water partition coefficient (Wildman–Crippen LogP) is 0.960. The highest BCUT2D eigenvalue weighted by atomic mass is 35.5. The van der Waals surface area contributed by atoms with E-state index in [0.29, 0.717) is 28.5 Å². The number of rotatable bonds is 7. The summed E-state index contributed by atoms with van der Waals surface area (Å²) in [6.45, 7) is 2.99. The number of nitrogens with one attached hydrogen (secondary N) is 1. The summed E-state index contributed by atoms with van der Waals surface area (Å²) in [5.74, 6) is -1.97. The Morgan fingerprint density at radius 1 is 1.27 bits per heavy atom. The van der Waals surface area contributed by atoms with Gasteiger partial charge < -0.3 is 15.8 Å². The number of aromatic nitrogens is 2. The van der Waals surface area contributed by atoms with Gasteiger partial charge in [-0.1, -0.05) is 29.8 Å². The molecule has 0 fully saturated rings. The molecule has 1 aromatic carbocycles. The third-order valence-corrected chi connectivity index (χ3v) is 4.03. The van der Waals surface area contributed by atoms with E-state index in [9.17, 15) is 14.4 Å². The van der Waals surface area contributed by atoms with Crippen LogP contribution in [0, 0.1) is 13.8 Å². The molecule has 8 nitrogen and oxygen atoms in total. The quantitative estimate of drug-likeness (QED) is 0.696. The summed E-state index contributed by atoms with van der Waals surface area (Å²) >= 11 is 6.16. The summed E-state index contributed by atoms with van der Waals surface area (Å²) in [5, 5.41) is 7.19. The van der Waals surface area contributed by atoms with Gasteiger partial charge in [0.15, 0.2) is 6.61 Å². The number of carbonyl (C=O) groups excluding carboxylic acids is 3. The van der Waals surface area contributed by atoms with Crippen molar-refractivity contribution in [1.82, 2.24) is 15.1 Å². The third kappa shape index (κ3) is 4.82. The monoisotopic (exact) mass is 378 g/mol. The summed E-state index contributed by atoms with van der Waals surface area (Å²) in [5.41, 5.74) is 7.17. The molecule has 0 saturated carbocycles. The van der Waals surface area contributed by atoms with Gasteiger partial charge in [0.1, 0.15) is 5.56 Å². The van der Waals surface area contributed by atoms with Crippen LogP contribution in [0.5, 0.6) is 0 Å². The maximum absolute atomic E-state index is 12.3. The Hall–Kier alpha value is -2.87. The summed E-state index contributed by atoms with van der Waals surface area (Å²) in [4.78, 5) is 34.4. The fourth-order valence-corrected chi connectivity index (χ4v) is 2.57. The second kappa shape index (κ2) is 8.48. The number of amides is 2. The van der Waals surface area contributed by atoms with Crippen LogP contribution in [0.15, 0.2) is 24.3 Å². The van der Waals surface area contributed by atoms with Gasteiger partial charge in [0.25, 0.3) is 5.91 Å². The number of hydrogen-bond acceptors (Lipinski definition) is 5. The van der Waals surface area contributed by atoms with Crippen LogP contribution in [0.2, 0.25) is 5.02 Å². The van der Waals surface area contributed by atoms with Gasteiger partial charge in [-0.3, -0.25) is 14.3 Å². The Morgan fingerprint density at radius 3 is 2.62 bits per heavy atom. The molecule has 26 heavy (non-hydrogen) atoms. The van der Waals surface area contributed by atoms with Crippen molar-refractivity contribution >= 4 is 29.4 Å². The fraction of sp³-hybridized carbons (Fsp3) is 0.294. The molecule has 2 rings (SSSR count). The van der Waals surface area contributed by atoms with Gasteiger partial charge in [-0.05, 0) is 25.5 Å². The molecule has 0 spiro atoms. The largest absolute Gasteiger partial charge is 0.452 e. The Labute approximate surface area is 155 Å². The van der Waals surface area contributed by atoms with Gasteiger partial charge in [-0.25, -0.2) is 4.79 Å². The molecule has 0 radical (unpaired) electrons. The fourth-order valence-electron chi connectivity index (χ4n) is 2.37. The highest BCUT2D eigenvalue weighted by molar-refractivity contribution is 6.31. The first-order valence-corrected chi connectivity index (χ1v) is 8.17. The minimum atomic E-state index is -0.683. The summed E-state index contributed by atoms with van der Waals surface area (Å²) in [7, 11) is 0. The first kappa shape index (κ1) is 19.5. The average Bonchev–Trinajstić information content (AvgIpc) is 2.86. The van der Waals surface area contributed by atoms with E-state index in [2.05, 4.69) is 10.4 Å². The van der Waals surface area contributed by atoms with E-state index in [1.54, 1.807) is 24.6 Å². The zero-order valence-corrected chi connectivity index (χ0v) is 15.2. The maximum Gasteiger partial charge on any atom is 0.342 e. The van der Waals surface area contributed by atoms with Gasteiger partial charge >= 0.3 is 5.97 Å².